The summed E-state index contributed by atoms with van der Waals surface area (Å²) in [6.45, 7) is 4.63. The van der Waals surface area contributed by atoms with Crippen LogP contribution in [0.3, 0.4) is 0 Å². The Morgan fingerprint density at radius 1 is 1.15 bits per heavy atom. The molecule has 1 aliphatic carbocycles. The summed E-state index contributed by atoms with van der Waals surface area (Å²) >= 11 is 0. The standard InChI is InChI=1S/C24H27N7O3/c1-14(25)18-12-19(21(32)13-20(18)26)22-28-29-23(24(33)27-15-2-3-15)31(22)17-6-4-16(5-7-17)30-8-10-34-11-9-30/h4-7,12-13,15,25,32H,2-3,8-11,26H2,1H3,(H,27,33). The van der Waals surface area contributed by atoms with Crippen molar-refractivity contribution in [1.82, 2.24) is 20.1 Å². The maximum absolute atomic E-state index is 13.0. The van der Waals surface area contributed by atoms with E-state index in [0.717, 1.165) is 31.6 Å². The van der Waals surface area contributed by atoms with Gasteiger partial charge in [0.2, 0.25) is 5.82 Å². The first-order valence-corrected chi connectivity index (χ1v) is 11.3. The van der Waals surface area contributed by atoms with Gasteiger partial charge in [0.1, 0.15) is 5.75 Å². The number of carbonyl (C=O) groups excluding carboxylic acids is 1. The van der Waals surface area contributed by atoms with E-state index in [1.54, 1.807) is 17.6 Å². The number of hydrogen-bond donors (Lipinski definition) is 4. The highest BCUT2D eigenvalue weighted by Crippen LogP contribution is 2.35. The molecule has 10 heteroatoms. The van der Waals surface area contributed by atoms with Crippen LogP contribution in [0.15, 0.2) is 36.4 Å². The Morgan fingerprint density at radius 3 is 2.47 bits per heavy atom. The summed E-state index contributed by atoms with van der Waals surface area (Å²) in [6, 6.07) is 10.9. The van der Waals surface area contributed by atoms with E-state index in [4.69, 9.17) is 15.9 Å². The van der Waals surface area contributed by atoms with Crippen LogP contribution < -0.4 is 16.0 Å². The molecule has 2 aliphatic rings. The van der Waals surface area contributed by atoms with Gasteiger partial charge in [0.05, 0.1) is 18.8 Å². The fraction of sp³-hybridized carbons (Fsp3) is 0.333. The number of aromatic hydroxyl groups is 1. The van der Waals surface area contributed by atoms with Gasteiger partial charge in [0, 0.05) is 53.5 Å². The van der Waals surface area contributed by atoms with Crippen LogP contribution in [-0.4, -0.2) is 63.8 Å². The maximum atomic E-state index is 13.0. The number of rotatable bonds is 6. The molecule has 2 aromatic carbocycles. The van der Waals surface area contributed by atoms with Crippen LogP contribution in [0.1, 0.15) is 35.9 Å². The van der Waals surface area contributed by atoms with Gasteiger partial charge in [-0.3, -0.25) is 9.36 Å². The molecule has 34 heavy (non-hydrogen) atoms. The van der Waals surface area contributed by atoms with Gasteiger partial charge in [-0.15, -0.1) is 10.2 Å². The van der Waals surface area contributed by atoms with Crippen LogP contribution in [0.25, 0.3) is 17.1 Å². The zero-order chi connectivity index (χ0) is 23.8. The van der Waals surface area contributed by atoms with Crippen molar-refractivity contribution in [2.45, 2.75) is 25.8 Å². The second-order valence-corrected chi connectivity index (χ2v) is 8.63. The van der Waals surface area contributed by atoms with E-state index < -0.39 is 0 Å². The van der Waals surface area contributed by atoms with Gasteiger partial charge in [-0.1, -0.05) is 0 Å². The molecule has 0 radical (unpaired) electrons. The molecule has 2 heterocycles. The van der Waals surface area contributed by atoms with E-state index in [2.05, 4.69) is 20.4 Å². The Balaban J connectivity index is 1.60. The van der Waals surface area contributed by atoms with Crippen LogP contribution in [0.2, 0.25) is 0 Å². The molecule has 0 atom stereocenters. The molecule has 0 spiro atoms. The zero-order valence-electron chi connectivity index (χ0n) is 18.9. The van der Waals surface area contributed by atoms with Crippen LogP contribution in [0.4, 0.5) is 11.4 Å². The Bertz CT molecular complexity index is 1240. The highest BCUT2D eigenvalue weighted by Gasteiger charge is 2.29. The summed E-state index contributed by atoms with van der Waals surface area (Å²) in [6.07, 6.45) is 1.89. The third-order valence-corrected chi connectivity index (χ3v) is 6.08. The Morgan fingerprint density at radius 2 is 1.82 bits per heavy atom. The monoisotopic (exact) mass is 461 g/mol. The van der Waals surface area contributed by atoms with Crippen molar-refractivity contribution in [3.8, 4) is 22.8 Å². The van der Waals surface area contributed by atoms with E-state index >= 15 is 0 Å². The first kappa shape index (κ1) is 21.9. The first-order chi connectivity index (χ1) is 16.4. The lowest BCUT2D eigenvalue weighted by molar-refractivity contribution is 0.0938. The number of ether oxygens (including phenoxy) is 1. The SMILES string of the molecule is CC(=N)c1cc(-c2nnc(C(=O)NC3CC3)n2-c2ccc(N3CCOCC3)cc2)c(O)cc1N. The van der Waals surface area contributed by atoms with Crippen LogP contribution >= 0.6 is 0 Å². The number of anilines is 2. The molecule has 3 aromatic rings. The molecule has 2 fully saturated rings. The number of aromatic nitrogens is 3. The first-order valence-electron chi connectivity index (χ1n) is 11.3. The summed E-state index contributed by atoms with van der Waals surface area (Å²) < 4.78 is 7.07. The van der Waals surface area contributed by atoms with Crippen LogP contribution in [-0.2, 0) is 4.74 Å². The molecule has 1 amide bonds. The Kier molecular flexibility index (Phi) is 5.66. The number of hydrogen-bond acceptors (Lipinski definition) is 8. The highest BCUT2D eigenvalue weighted by atomic mass is 16.5. The van der Waals surface area contributed by atoms with Crippen molar-refractivity contribution < 1.29 is 14.6 Å². The summed E-state index contributed by atoms with van der Waals surface area (Å²) in [5.74, 6) is -0.00224. The Hall–Kier alpha value is -3.92. The van der Waals surface area contributed by atoms with Gasteiger partial charge in [-0.2, -0.15) is 0 Å². The van der Waals surface area contributed by atoms with Crippen molar-refractivity contribution in [2.24, 2.45) is 0 Å². The van der Waals surface area contributed by atoms with E-state index in [1.165, 1.54) is 6.07 Å². The molecule has 5 N–H and O–H groups in total. The third kappa shape index (κ3) is 4.19. The van der Waals surface area contributed by atoms with Gasteiger partial charge in [0.25, 0.3) is 5.91 Å². The van der Waals surface area contributed by atoms with Gasteiger partial charge >= 0.3 is 0 Å². The minimum atomic E-state index is -0.322. The zero-order valence-corrected chi connectivity index (χ0v) is 18.9. The predicted octanol–water partition coefficient (Wildman–Crippen LogP) is 2.34. The molecule has 1 aliphatic heterocycles. The number of morpholine rings is 1. The molecule has 176 valence electrons. The second kappa shape index (κ2) is 8.79. The minimum Gasteiger partial charge on any atom is -0.507 e. The predicted molar refractivity (Wildman–Crippen MR) is 129 cm³/mol. The number of nitrogens with zero attached hydrogens (tertiary/aromatic N) is 4. The molecule has 0 bridgehead atoms. The maximum Gasteiger partial charge on any atom is 0.289 e. The fourth-order valence-electron chi connectivity index (χ4n) is 4.07. The number of nitrogen functional groups attached to an aromatic ring is 1. The van der Waals surface area contributed by atoms with Crippen molar-refractivity contribution in [2.75, 3.05) is 36.9 Å². The van der Waals surface area contributed by atoms with Crippen LogP contribution in [0.5, 0.6) is 5.75 Å². The molecule has 5 rings (SSSR count). The number of nitrogens with two attached hydrogens (primary N) is 1. The Labute approximate surface area is 196 Å². The smallest absolute Gasteiger partial charge is 0.289 e. The summed E-state index contributed by atoms with van der Waals surface area (Å²) in [7, 11) is 0. The van der Waals surface area contributed by atoms with Gasteiger partial charge < -0.3 is 31.2 Å². The van der Waals surface area contributed by atoms with Crippen molar-refractivity contribution >= 4 is 23.0 Å². The average Bonchev–Trinajstić information content (AvgIpc) is 3.54. The molecule has 1 aromatic heterocycles. The molecule has 1 saturated heterocycles. The summed E-state index contributed by atoms with van der Waals surface area (Å²) in [4.78, 5) is 15.2. The number of carbonyl (C=O) groups is 1. The lowest BCUT2D eigenvalue weighted by atomic mass is 10.0. The van der Waals surface area contributed by atoms with Gasteiger partial charge in [-0.25, -0.2) is 0 Å². The van der Waals surface area contributed by atoms with Crippen molar-refractivity contribution in [3.05, 3.63) is 47.8 Å². The van der Waals surface area contributed by atoms with E-state index in [-0.39, 0.29) is 29.2 Å². The molecular formula is C24H27N7O3. The average molecular weight is 462 g/mol. The normalized spacial score (nSPS) is 15.9. The number of nitrogens with one attached hydrogen (secondary N) is 2. The number of amides is 1. The van der Waals surface area contributed by atoms with E-state index in [0.29, 0.717) is 41.5 Å². The molecule has 1 saturated carbocycles. The van der Waals surface area contributed by atoms with Gasteiger partial charge in [0.15, 0.2) is 5.82 Å². The lowest BCUT2D eigenvalue weighted by Gasteiger charge is -2.29. The van der Waals surface area contributed by atoms with Crippen molar-refractivity contribution in [1.29, 1.82) is 5.41 Å². The van der Waals surface area contributed by atoms with Crippen LogP contribution in [0, 0.1) is 5.41 Å². The van der Waals surface area contributed by atoms with Crippen molar-refractivity contribution in [3.63, 3.8) is 0 Å². The second-order valence-electron chi connectivity index (χ2n) is 8.63. The fourth-order valence-corrected chi connectivity index (χ4v) is 4.07. The number of phenols is 1. The summed E-state index contributed by atoms with van der Waals surface area (Å²) in [5.41, 5.74) is 9.11. The van der Waals surface area contributed by atoms with E-state index in [9.17, 15) is 9.90 Å². The molecular weight excluding hydrogens is 434 g/mol. The summed E-state index contributed by atoms with van der Waals surface area (Å²) in [5, 5.41) is 30.1. The topological polar surface area (TPSA) is 142 Å². The molecule has 10 nitrogen and oxygen atoms in total. The van der Waals surface area contributed by atoms with E-state index in [1.807, 2.05) is 24.3 Å². The number of phenolic OH excluding ortho intramolecular Hbond substituents is 1. The largest absolute Gasteiger partial charge is 0.507 e. The third-order valence-electron chi connectivity index (χ3n) is 6.08. The number of benzene rings is 2. The lowest BCUT2D eigenvalue weighted by Crippen LogP contribution is -2.36. The quantitative estimate of drug-likeness (QED) is 0.326. The molecule has 0 unspecified atom stereocenters. The minimum absolute atomic E-state index is 0.102. The highest BCUT2D eigenvalue weighted by molar-refractivity contribution is 6.02. The van der Waals surface area contributed by atoms with Gasteiger partial charge in [-0.05, 0) is 50.1 Å².